The van der Waals surface area contributed by atoms with Crippen LogP contribution in [-0.2, 0) is 0 Å². The molecule has 1 nitrogen and oxygen atoms in total. The number of allylic oxidation sites excluding steroid dienone is 4. The lowest BCUT2D eigenvalue weighted by molar-refractivity contribution is 0.436. The molecule has 0 aromatic rings. The quantitative estimate of drug-likeness (QED) is 0.223. The summed E-state index contributed by atoms with van der Waals surface area (Å²) < 4.78 is 0. The van der Waals surface area contributed by atoms with Crippen molar-refractivity contribution in [3.05, 3.63) is 24.3 Å². The molecule has 0 saturated carbocycles. The first-order valence-electron chi connectivity index (χ1n) is 10.3. The van der Waals surface area contributed by atoms with Gasteiger partial charge in [0.25, 0.3) is 0 Å². The van der Waals surface area contributed by atoms with Gasteiger partial charge in [0.2, 0.25) is 0 Å². The molecule has 0 amide bonds. The monoisotopic (exact) mass is 321 g/mol. The summed E-state index contributed by atoms with van der Waals surface area (Å²) in [5, 5.41) is 0. The second kappa shape index (κ2) is 19.5. The average Bonchev–Trinajstić information content (AvgIpc) is 2.57. The molecule has 0 fully saturated rings. The Morgan fingerprint density at radius 3 is 1.35 bits per heavy atom. The van der Waals surface area contributed by atoms with Gasteiger partial charge < -0.3 is 5.73 Å². The van der Waals surface area contributed by atoms with Gasteiger partial charge in [-0.05, 0) is 76.7 Å². The fourth-order valence-corrected chi connectivity index (χ4v) is 2.92. The summed E-state index contributed by atoms with van der Waals surface area (Å²) in [6.07, 6.45) is 27.8. The van der Waals surface area contributed by atoms with E-state index in [2.05, 4.69) is 38.2 Å². The Balaban J connectivity index is 3.48. The van der Waals surface area contributed by atoms with Crippen molar-refractivity contribution in [2.75, 3.05) is 6.54 Å². The van der Waals surface area contributed by atoms with E-state index in [-0.39, 0.29) is 0 Å². The van der Waals surface area contributed by atoms with Crippen LogP contribution in [0.1, 0.15) is 104 Å². The zero-order valence-corrected chi connectivity index (χ0v) is 16.1. The highest BCUT2D eigenvalue weighted by Gasteiger charge is 2.04. The molecule has 23 heavy (non-hydrogen) atoms. The second-order valence-electron chi connectivity index (χ2n) is 6.90. The molecule has 0 radical (unpaired) electrons. The van der Waals surface area contributed by atoms with E-state index in [1.165, 1.54) is 89.9 Å². The molecular formula is C22H43N. The molecule has 0 spiro atoms. The van der Waals surface area contributed by atoms with E-state index in [4.69, 9.17) is 5.73 Å². The first kappa shape index (κ1) is 22.4. The normalized spacial score (nSPS) is 12.2. The van der Waals surface area contributed by atoms with Crippen LogP contribution in [0.2, 0.25) is 0 Å². The molecule has 0 unspecified atom stereocenters. The molecule has 136 valence electrons. The second-order valence-corrected chi connectivity index (χ2v) is 6.90. The van der Waals surface area contributed by atoms with E-state index in [1.54, 1.807) is 0 Å². The summed E-state index contributed by atoms with van der Waals surface area (Å²) in [5.74, 6) is 0.733. The van der Waals surface area contributed by atoms with Gasteiger partial charge in [-0.15, -0.1) is 0 Å². The minimum Gasteiger partial charge on any atom is -0.330 e. The Kier molecular flexibility index (Phi) is 19.0. The van der Waals surface area contributed by atoms with Crippen molar-refractivity contribution in [3.63, 3.8) is 0 Å². The van der Waals surface area contributed by atoms with E-state index in [0.717, 1.165) is 12.5 Å². The lowest BCUT2D eigenvalue weighted by Gasteiger charge is -2.13. The summed E-state index contributed by atoms with van der Waals surface area (Å²) in [7, 11) is 0. The largest absolute Gasteiger partial charge is 0.330 e. The first-order chi connectivity index (χ1) is 11.3. The summed E-state index contributed by atoms with van der Waals surface area (Å²) in [6.45, 7) is 5.39. The van der Waals surface area contributed by atoms with Crippen LogP contribution in [-0.4, -0.2) is 6.54 Å². The molecule has 0 aliphatic rings. The molecule has 0 aromatic carbocycles. The van der Waals surface area contributed by atoms with Crippen molar-refractivity contribution in [1.29, 1.82) is 0 Å². The molecule has 0 heterocycles. The van der Waals surface area contributed by atoms with Gasteiger partial charge in [0.15, 0.2) is 0 Å². The molecule has 0 bridgehead atoms. The van der Waals surface area contributed by atoms with Crippen LogP contribution in [0.4, 0.5) is 0 Å². The predicted octanol–water partition coefficient (Wildman–Crippen LogP) is 7.17. The molecule has 2 N–H and O–H groups in total. The van der Waals surface area contributed by atoms with Crippen LogP contribution in [0.3, 0.4) is 0 Å². The Bertz CT molecular complexity index is 241. The van der Waals surface area contributed by atoms with Crippen molar-refractivity contribution in [3.8, 4) is 0 Å². The number of nitrogens with two attached hydrogens (primary N) is 1. The highest BCUT2D eigenvalue weighted by atomic mass is 14.5. The van der Waals surface area contributed by atoms with Gasteiger partial charge >= 0.3 is 0 Å². The first-order valence-corrected chi connectivity index (χ1v) is 10.3. The summed E-state index contributed by atoms with van der Waals surface area (Å²) in [4.78, 5) is 0. The fraction of sp³-hybridized carbons (Fsp3) is 0.818. The molecule has 0 rings (SSSR count). The van der Waals surface area contributed by atoms with Crippen molar-refractivity contribution in [2.45, 2.75) is 104 Å². The maximum atomic E-state index is 5.93. The summed E-state index contributed by atoms with van der Waals surface area (Å²) >= 11 is 0. The van der Waals surface area contributed by atoms with Gasteiger partial charge in [0, 0.05) is 0 Å². The highest BCUT2D eigenvalue weighted by molar-refractivity contribution is 4.83. The van der Waals surface area contributed by atoms with Gasteiger partial charge in [0.1, 0.15) is 0 Å². The van der Waals surface area contributed by atoms with Gasteiger partial charge in [-0.3, -0.25) is 0 Å². The Morgan fingerprint density at radius 2 is 1.00 bits per heavy atom. The highest BCUT2D eigenvalue weighted by Crippen LogP contribution is 2.16. The molecule has 0 aromatic heterocycles. The number of hydrogen-bond acceptors (Lipinski definition) is 1. The number of hydrogen-bond donors (Lipinski definition) is 1. The van der Waals surface area contributed by atoms with E-state index in [1.807, 2.05) is 0 Å². The maximum Gasteiger partial charge on any atom is -0.00489 e. The van der Waals surface area contributed by atoms with Crippen LogP contribution in [0, 0.1) is 5.92 Å². The number of unbranched alkanes of at least 4 members (excludes halogenated alkanes) is 8. The van der Waals surface area contributed by atoms with Crippen LogP contribution < -0.4 is 5.73 Å². The minimum absolute atomic E-state index is 0.733. The Hall–Kier alpha value is -0.560. The third-order valence-corrected chi connectivity index (χ3v) is 4.58. The lowest BCUT2D eigenvalue weighted by atomic mass is 9.95. The van der Waals surface area contributed by atoms with Gasteiger partial charge in [0.05, 0.1) is 0 Å². The average molecular weight is 322 g/mol. The van der Waals surface area contributed by atoms with Crippen molar-refractivity contribution in [1.82, 2.24) is 0 Å². The van der Waals surface area contributed by atoms with Crippen LogP contribution >= 0.6 is 0 Å². The van der Waals surface area contributed by atoms with E-state index < -0.39 is 0 Å². The SMILES string of the molecule is CCCCC/C=C\CCCC(CN)CCC/C=C\CCCCC. The number of rotatable bonds is 17. The molecular weight excluding hydrogens is 278 g/mol. The third-order valence-electron chi connectivity index (χ3n) is 4.58. The fourth-order valence-electron chi connectivity index (χ4n) is 2.92. The van der Waals surface area contributed by atoms with Crippen molar-refractivity contribution < 1.29 is 0 Å². The van der Waals surface area contributed by atoms with E-state index in [0.29, 0.717) is 0 Å². The zero-order valence-electron chi connectivity index (χ0n) is 16.1. The minimum atomic E-state index is 0.733. The van der Waals surface area contributed by atoms with Crippen LogP contribution in [0.15, 0.2) is 24.3 Å². The zero-order chi connectivity index (χ0) is 17.0. The van der Waals surface area contributed by atoms with Crippen LogP contribution in [0.5, 0.6) is 0 Å². The molecule has 0 saturated heterocycles. The smallest absolute Gasteiger partial charge is 0.00489 e. The van der Waals surface area contributed by atoms with Crippen LogP contribution in [0.25, 0.3) is 0 Å². The van der Waals surface area contributed by atoms with Gasteiger partial charge in [-0.25, -0.2) is 0 Å². The predicted molar refractivity (Wildman–Crippen MR) is 107 cm³/mol. The molecule has 1 heteroatoms. The Labute approximate surface area is 146 Å². The van der Waals surface area contributed by atoms with E-state index >= 15 is 0 Å². The standard InChI is InChI=1S/C22H43N/c1-3-5-7-9-11-13-15-17-19-22(21-23)20-18-16-14-12-10-8-6-4-2/h11-14,22H,3-10,15-21,23H2,1-2H3/b13-11-,14-12-. The summed E-state index contributed by atoms with van der Waals surface area (Å²) in [5.41, 5.74) is 5.93. The van der Waals surface area contributed by atoms with Gasteiger partial charge in [-0.2, -0.15) is 0 Å². The molecule has 0 aliphatic carbocycles. The molecule has 0 atom stereocenters. The van der Waals surface area contributed by atoms with Crippen molar-refractivity contribution >= 4 is 0 Å². The van der Waals surface area contributed by atoms with Gasteiger partial charge in [-0.1, -0.05) is 63.8 Å². The topological polar surface area (TPSA) is 26.0 Å². The Morgan fingerprint density at radius 1 is 0.609 bits per heavy atom. The lowest BCUT2D eigenvalue weighted by Crippen LogP contribution is -2.14. The van der Waals surface area contributed by atoms with E-state index in [9.17, 15) is 0 Å². The summed E-state index contributed by atoms with van der Waals surface area (Å²) in [6, 6.07) is 0. The van der Waals surface area contributed by atoms with Crippen molar-refractivity contribution in [2.24, 2.45) is 11.7 Å². The maximum absolute atomic E-state index is 5.93. The molecule has 0 aliphatic heterocycles. The third kappa shape index (κ3) is 17.6.